The van der Waals surface area contributed by atoms with Crippen molar-refractivity contribution in [2.45, 2.75) is 0 Å². The van der Waals surface area contributed by atoms with Crippen LogP contribution in [0.2, 0.25) is 0 Å². The van der Waals surface area contributed by atoms with Crippen LogP contribution in [0.25, 0.3) is 32.1 Å². The zero-order valence-corrected chi connectivity index (χ0v) is 15.4. The molecule has 4 rings (SSSR count). The second-order valence-electron chi connectivity index (χ2n) is 5.49. The molecule has 0 aliphatic heterocycles. The third-order valence-corrected chi connectivity index (χ3v) is 5.52. The topological polar surface area (TPSA) is 3.88 Å². The Morgan fingerprint density at radius 2 is 1.67 bits per heavy atom. The SMILES string of the molecule is C[n+]1c(C=C(Cl)c2ccccc2)sc2ccc3ccccc3c21.[Cl-]. The third-order valence-electron chi connectivity index (χ3n) is 4.04. The molecule has 0 spiro atoms. The number of aromatic nitrogens is 1. The summed E-state index contributed by atoms with van der Waals surface area (Å²) in [5, 5.41) is 4.44. The zero-order valence-electron chi connectivity index (χ0n) is 13.0. The minimum atomic E-state index is 0. The molecular weight excluding hydrogens is 357 g/mol. The van der Waals surface area contributed by atoms with E-state index in [-0.39, 0.29) is 12.4 Å². The summed E-state index contributed by atoms with van der Waals surface area (Å²) in [7, 11) is 2.10. The third kappa shape index (κ3) is 2.93. The van der Waals surface area contributed by atoms with Gasteiger partial charge in [-0.15, -0.1) is 0 Å². The van der Waals surface area contributed by atoms with Crippen molar-refractivity contribution < 1.29 is 17.0 Å². The maximum absolute atomic E-state index is 6.51. The van der Waals surface area contributed by atoms with Gasteiger partial charge in [0.2, 0.25) is 5.52 Å². The molecule has 1 nitrogen and oxygen atoms in total. The molecule has 0 atom stereocenters. The predicted octanol–water partition coefficient (Wildman–Crippen LogP) is 2.62. The normalized spacial score (nSPS) is 11.7. The van der Waals surface area contributed by atoms with E-state index in [1.54, 1.807) is 11.3 Å². The Labute approximate surface area is 156 Å². The summed E-state index contributed by atoms with van der Waals surface area (Å²) in [5.41, 5.74) is 2.30. The first-order valence-corrected chi connectivity index (χ1v) is 8.66. The van der Waals surface area contributed by atoms with Crippen LogP contribution in [0.15, 0.2) is 66.7 Å². The van der Waals surface area contributed by atoms with Crippen LogP contribution in [0.3, 0.4) is 0 Å². The molecule has 24 heavy (non-hydrogen) atoms. The Morgan fingerprint density at radius 1 is 0.958 bits per heavy atom. The summed E-state index contributed by atoms with van der Waals surface area (Å²) in [6.45, 7) is 0. The molecule has 120 valence electrons. The lowest BCUT2D eigenvalue weighted by atomic mass is 10.1. The second-order valence-corrected chi connectivity index (χ2v) is 6.96. The summed E-state index contributed by atoms with van der Waals surface area (Å²) in [5.74, 6) is 0. The highest BCUT2D eigenvalue weighted by molar-refractivity contribution is 7.19. The molecule has 0 aliphatic carbocycles. The van der Waals surface area contributed by atoms with E-state index in [4.69, 9.17) is 11.6 Å². The lowest BCUT2D eigenvalue weighted by Crippen LogP contribution is -3.00. The van der Waals surface area contributed by atoms with E-state index in [2.05, 4.69) is 54.1 Å². The van der Waals surface area contributed by atoms with Crippen LogP contribution in [0.5, 0.6) is 0 Å². The molecule has 0 N–H and O–H groups in total. The fourth-order valence-corrected chi connectivity index (χ4v) is 4.27. The molecule has 0 unspecified atom stereocenters. The highest BCUT2D eigenvalue weighted by atomic mass is 35.5. The van der Waals surface area contributed by atoms with E-state index in [9.17, 15) is 0 Å². The molecule has 0 aliphatic rings. The van der Waals surface area contributed by atoms with Crippen molar-refractivity contribution >= 4 is 55.0 Å². The largest absolute Gasteiger partial charge is 1.00 e. The van der Waals surface area contributed by atoms with E-state index in [0.29, 0.717) is 0 Å². The summed E-state index contributed by atoms with van der Waals surface area (Å²) >= 11 is 8.28. The first-order chi connectivity index (χ1) is 11.2. The Balaban J connectivity index is 0.00000169. The van der Waals surface area contributed by atoms with Crippen LogP contribution < -0.4 is 17.0 Å². The highest BCUT2D eigenvalue weighted by Crippen LogP contribution is 2.30. The summed E-state index contributed by atoms with van der Waals surface area (Å²) in [4.78, 5) is 0. The lowest BCUT2D eigenvalue weighted by molar-refractivity contribution is -0.641. The van der Waals surface area contributed by atoms with Gasteiger partial charge in [0.25, 0.3) is 5.01 Å². The maximum atomic E-state index is 6.51. The molecular formula is C20H15Cl2NS. The van der Waals surface area contributed by atoms with Crippen LogP contribution in [-0.4, -0.2) is 0 Å². The van der Waals surface area contributed by atoms with Crippen LogP contribution in [-0.2, 0) is 7.05 Å². The highest BCUT2D eigenvalue weighted by Gasteiger charge is 2.18. The molecule has 0 fully saturated rings. The van der Waals surface area contributed by atoms with Gasteiger partial charge in [-0.3, -0.25) is 0 Å². The monoisotopic (exact) mass is 371 g/mol. The van der Waals surface area contributed by atoms with Crippen LogP contribution in [0.4, 0.5) is 0 Å². The Bertz CT molecular complexity index is 1040. The number of fused-ring (bicyclic) bond motifs is 3. The van der Waals surface area contributed by atoms with Crippen molar-refractivity contribution in [1.29, 1.82) is 0 Å². The van der Waals surface area contributed by atoms with Gasteiger partial charge in [-0.2, -0.15) is 4.57 Å². The lowest BCUT2D eigenvalue weighted by Gasteiger charge is -1.97. The number of benzene rings is 3. The zero-order chi connectivity index (χ0) is 15.8. The fraction of sp³-hybridized carbons (Fsp3) is 0.0500. The smallest absolute Gasteiger partial charge is 0.264 e. The molecule has 0 saturated carbocycles. The number of aryl methyl sites for hydroxylation is 1. The number of thiazole rings is 1. The average Bonchev–Trinajstić information content (AvgIpc) is 2.92. The number of halogens is 2. The van der Waals surface area contributed by atoms with Crippen molar-refractivity contribution in [3.63, 3.8) is 0 Å². The van der Waals surface area contributed by atoms with Gasteiger partial charge in [-0.1, -0.05) is 77.5 Å². The average molecular weight is 372 g/mol. The Morgan fingerprint density at radius 3 is 2.46 bits per heavy atom. The second kappa shape index (κ2) is 6.94. The van der Waals surface area contributed by atoms with Gasteiger partial charge in [0, 0.05) is 6.08 Å². The number of hydrogen-bond donors (Lipinski definition) is 0. The number of rotatable bonds is 2. The molecule has 4 aromatic rings. The van der Waals surface area contributed by atoms with Crippen LogP contribution in [0, 0.1) is 0 Å². The first-order valence-electron chi connectivity index (χ1n) is 7.47. The molecule has 1 heterocycles. The fourth-order valence-electron chi connectivity index (χ4n) is 2.87. The van der Waals surface area contributed by atoms with Gasteiger partial charge in [0.1, 0.15) is 11.7 Å². The van der Waals surface area contributed by atoms with Gasteiger partial charge in [-0.25, -0.2) is 0 Å². The molecule has 4 heteroatoms. The van der Waals surface area contributed by atoms with Crippen LogP contribution in [0.1, 0.15) is 10.6 Å². The minimum Gasteiger partial charge on any atom is -1.00 e. The summed E-state index contributed by atoms with van der Waals surface area (Å²) in [6.07, 6.45) is 2.05. The van der Waals surface area contributed by atoms with Gasteiger partial charge in [0.05, 0.1) is 10.4 Å². The van der Waals surface area contributed by atoms with Crippen LogP contribution >= 0.6 is 22.9 Å². The van der Waals surface area contributed by atoms with E-state index >= 15 is 0 Å². The molecule has 3 aromatic carbocycles. The van der Waals surface area contributed by atoms with Gasteiger partial charge in [-0.05, 0) is 23.1 Å². The van der Waals surface area contributed by atoms with E-state index in [1.807, 2.05) is 30.3 Å². The maximum Gasteiger partial charge on any atom is 0.264 e. The van der Waals surface area contributed by atoms with E-state index in [0.717, 1.165) is 15.6 Å². The Hall–Kier alpha value is -1.87. The van der Waals surface area contributed by atoms with Gasteiger partial charge >= 0.3 is 0 Å². The van der Waals surface area contributed by atoms with Crippen molar-refractivity contribution in [3.8, 4) is 0 Å². The van der Waals surface area contributed by atoms with Crippen molar-refractivity contribution in [1.82, 2.24) is 0 Å². The van der Waals surface area contributed by atoms with Crippen molar-refractivity contribution in [3.05, 3.63) is 77.3 Å². The van der Waals surface area contributed by atoms with Crippen molar-refractivity contribution in [2.24, 2.45) is 7.05 Å². The van der Waals surface area contributed by atoms with E-state index in [1.165, 1.54) is 21.0 Å². The van der Waals surface area contributed by atoms with Crippen molar-refractivity contribution in [2.75, 3.05) is 0 Å². The quantitative estimate of drug-likeness (QED) is 0.477. The van der Waals surface area contributed by atoms with Gasteiger partial charge < -0.3 is 12.4 Å². The first kappa shape index (κ1) is 17.0. The molecule has 0 amide bonds. The Kier molecular flexibility index (Phi) is 4.91. The number of hydrogen-bond acceptors (Lipinski definition) is 1. The van der Waals surface area contributed by atoms with E-state index < -0.39 is 0 Å². The molecule has 0 saturated heterocycles. The summed E-state index contributed by atoms with van der Waals surface area (Å²) < 4.78 is 3.50. The minimum absolute atomic E-state index is 0. The predicted molar refractivity (Wildman–Crippen MR) is 101 cm³/mol. The molecule has 0 bridgehead atoms. The molecule has 0 radical (unpaired) electrons. The van der Waals surface area contributed by atoms with Gasteiger partial charge in [0.15, 0.2) is 0 Å². The summed E-state index contributed by atoms with van der Waals surface area (Å²) in [6, 6.07) is 22.9. The standard InChI is InChI=1S/C20H15ClNS.ClH/c1-22-19(13-17(21)15-8-3-2-4-9-15)23-18-12-11-14-7-5-6-10-16(14)20(18)22;/h2-13H,1H3;1H/q+1;/p-1. The number of nitrogens with zero attached hydrogens (tertiary/aromatic N) is 1. The molecule has 1 aromatic heterocycles.